The number of carbonyl (C=O) groups is 1. The molecule has 1 heterocycles. The molecule has 100 valence electrons. The number of rotatable bonds is 3. The van der Waals surface area contributed by atoms with E-state index in [1.165, 1.54) is 11.8 Å². The Bertz CT molecular complexity index is 577. The van der Waals surface area contributed by atoms with Crippen LogP contribution in [0.1, 0.15) is 5.56 Å². The Labute approximate surface area is 136 Å². The van der Waals surface area contributed by atoms with Gasteiger partial charge in [-0.15, -0.1) is 5.10 Å². The van der Waals surface area contributed by atoms with Gasteiger partial charge in [0.15, 0.2) is 5.17 Å². The van der Waals surface area contributed by atoms with Crippen molar-refractivity contribution < 1.29 is 9.53 Å². The minimum Gasteiger partial charge on any atom is -0.496 e. The highest BCUT2D eigenvalue weighted by atomic mass is 127. The summed E-state index contributed by atoms with van der Waals surface area (Å²) in [5, 5.41) is 11.1. The van der Waals surface area contributed by atoms with Gasteiger partial charge in [-0.2, -0.15) is 5.10 Å². The molecule has 0 aromatic heterocycles. The van der Waals surface area contributed by atoms with Crippen LogP contribution in [0.15, 0.2) is 26.8 Å². The molecule has 0 saturated carbocycles. The number of methoxy groups -OCH3 is 1. The molecule has 0 unspecified atom stereocenters. The van der Waals surface area contributed by atoms with E-state index in [9.17, 15) is 4.79 Å². The fraction of sp³-hybridized carbons (Fsp3) is 0.182. The van der Waals surface area contributed by atoms with E-state index in [1.807, 2.05) is 12.1 Å². The molecular formula is C11H9BrIN3O2S. The number of nitrogens with one attached hydrogen (secondary N) is 1. The number of benzene rings is 1. The van der Waals surface area contributed by atoms with Crippen LogP contribution < -0.4 is 10.1 Å². The van der Waals surface area contributed by atoms with E-state index in [1.54, 1.807) is 13.3 Å². The third kappa shape index (κ3) is 3.93. The Balaban J connectivity index is 2.15. The number of hydrogen-bond acceptors (Lipinski definition) is 5. The lowest BCUT2D eigenvalue weighted by Crippen LogP contribution is -2.19. The Kier molecular flexibility index (Phi) is 5.22. The van der Waals surface area contributed by atoms with Crippen LogP contribution in [0.3, 0.4) is 0 Å². The first-order valence-corrected chi connectivity index (χ1v) is 8.02. The van der Waals surface area contributed by atoms with Crippen LogP contribution >= 0.6 is 50.3 Å². The molecule has 8 heteroatoms. The molecule has 1 saturated heterocycles. The summed E-state index contributed by atoms with van der Waals surface area (Å²) in [7, 11) is 1.62. The highest BCUT2D eigenvalue weighted by Gasteiger charge is 2.15. The van der Waals surface area contributed by atoms with Crippen LogP contribution in [0.4, 0.5) is 0 Å². The predicted octanol–water partition coefficient (Wildman–Crippen LogP) is 2.62. The summed E-state index contributed by atoms with van der Waals surface area (Å²) in [6, 6.07) is 3.82. The van der Waals surface area contributed by atoms with Crippen LogP contribution in [-0.4, -0.2) is 30.2 Å². The van der Waals surface area contributed by atoms with Crippen LogP contribution in [0.25, 0.3) is 0 Å². The van der Waals surface area contributed by atoms with Gasteiger partial charge in [0, 0.05) is 9.13 Å². The lowest BCUT2D eigenvalue weighted by atomic mass is 10.2. The summed E-state index contributed by atoms with van der Waals surface area (Å²) in [6.07, 6.45) is 1.64. The third-order valence-corrected chi connectivity index (χ3v) is 4.62. The van der Waals surface area contributed by atoms with Crippen molar-refractivity contribution in [2.45, 2.75) is 0 Å². The highest BCUT2D eigenvalue weighted by Crippen LogP contribution is 2.28. The number of amidine groups is 1. The van der Waals surface area contributed by atoms with Crippen molar-refractivity contribution >= 4 is 67.6 Å². The fourth-order valence-electron chi connectivity index (χ4n) is 1.32. The molecule has 0 spiro atoms. The molecule has 19 heavy (non-hydrogen) atoms. The van der Waals surface area contributed by atoms with Gasteiger partial charge in [-0.1, -0.05) is 11.8 Å². The number of thioether (sulfide) groups is 1. The van der Waals surface area contributed by atoms with E-state index in [2.05, 4.69) is 54.0 Å². The molecule has 1 aromatic rings. The largest absolute Gasteiger partial charge is 0.496 e. The van der Waals surface area contributed by atoms with Crippen LogP contribution in [0.2, 0.25) is 0 Å². The highest BCUT2D eigenvalue weighted by molar-refractivity contribution is 14.1. The number of hydrogen-bond donors (Lipinski definition) is 1. The van der Waals surface area contributed by atoms with E-state index in [0.717, 1.165) is 19.4 Å². The molecule has 0 aliphatic carbocycles. The standard InChI is InChI=1S/C11H9BrIN3O2S/c1-18-9-3-8(13)6(2-7(9)12)4-14-16-11-15-10(17)5-19-11/h2-4H,5H2,1H3,(H,15,16,17). The van der Waals surface area contributed by atoms with Crippen molar-refractivity contribution in [2.24, 2.45) is 10.2 Å². The van der Waals surface area contributed by atoms with E-state index >= 15 is 0 Å². The predicted molar refractivity (Wildman–Crippen MR) is 89.0 cm³/mol. The van der Waals surface area contributed by atoms with Crippen LogP contribution in [0.5, 0.6) is 5.75 Å². The molecule has 5 nitrogen and oxygen atoms in total. The van der Waals surface area contributed by atoms with Crippen LogP contribution in [0, 0.1) is 3.57 Å². The third-order valence-electron chi connectivity index (χ3n) is 2.20. The molecule has 1 N–H and O–H groups in total. The first-order chi connectivity index (χ1) is 9.10. The van der Waals surface area contributed by atoms with Gasteiger partial charge in [-0.3, -0.25) is 4.79 Å². The smallest absolute Gasteiger partial charge is 0.236 e. The van der Waals surface area contributed by atoms with Gasteiger partial charge in [-0.05, 0) is 50.7 Å². The summed E-state index contributed by atoms with van der Waals surface area (Å²) >= 11 is 6.97. The van der Waals surface area contributed by atoms with Crippen molar-refractivity contribution in [3.8, 4) is 5.75 Å². The van der Waals surface area contributed by atoms with Gasteiger partial charge < -0.3 is 10.1 Å². The molecule has 0 bridgehead atoms. The number of nitrogens with zero attached hydrogens (tertiary/aromatic N) is 2. The number of halogens is 2. The average Bonchev–Trinajstić information content (AvgIpc) is 2.79. The Morgan fingerprint density at radius 3 is 3.00 bits per heavy atom. The van der Waals surface area contributed by atoms with Gasteiger partial charge in [0.25, 0.3) is 0 Å². The summed E-state index contributed by atoms with van der Waals surface area (Å²) in [5.41, 5.74) is 0.923. The van der Waals surface area contributed by atoms with Crippen molar-refractivity contribution in [3.63, 3.8) is 0 Å². The quantitative estimate of drug-likeness (QED) is 0.434. The van der Waals surface area contributed by atoms with Crippen molar-refractivity contribution in [1.29, 1.82) is 0 Å². The van der Waals surface area contributed by atoms with E-state index in [-0.39, 0.29) is 5.91 Å². The molecule has 2 rings (SSSR count). The Morgan fingerprint density at radius 2 is 2.37 bits per heavy atom. The first-order valence-electron chi connectivity index (χ1n) is 5.17. The lowest BCUT2D eigenvalue weighted by Gasteiger charge is -2.05. The normalized spacial score (nSPS) is 17.2. The van der Waals surface area contributed by atoms with Crippen molar-refractivity contribution in [3.05, 3.63) is 25.7 Å². The van der Waals surface area contributed by atoms with E-state index < -0.39 is 0 Å². The van der Waals surface area contributed by atoms with Crippen molar-refractivity contribution in [1.82, 2.24) is 5.32 Å². The van der Waals surface area contributed by atoms with Gasteiger partial charge in [0.2, 0.25) is 5.91 Å². The maximum absolute atomic E-state index is 11.0. The Morgan fingerprint density at radius 1 is 1.58 bits per heavy atom. The maximum atomic E-state index is 11.0. The van der Waals surface area contributed by atoms with Gasteiger partial charge in [-0.25, -0.2) is 0 Å². The Hall–Kier alpha value is -0.610. The average molecular weight is 454 g/mol. The van der Waals surface area contributed by atoms with Crippen LogP contribution in [-0.2, 0) is 4.79 Å². The molecule has 1 aliphatic rings. The van der Waals surface area contributed by atoms with E-state index in [4.69, 9.17) is 4.74 Å². The molecule has 1 fully saturated rings. The number of carbonyl (C=O) groups excluding carboxylic acids is 1. The summed E-state index contributed by atoms with van der Waals surface area (Å²) < 4.78 is 7.06. The number of ether oxygens (including phenoxy) is 1. The van der Waals surface area contributed by atoms with Gasteiger partial charge in [0.05, 0.1) is 23.5 Å². The second kappa shape index (κ2) is 6.71. The fourth-order valence-corrected chi connectivity index (χ4v) is 3.05. The molecule has 1 amide bonds. The molecule has 1 aromatic carbocycles. The second-order valence-corrected chi connectivity index (χ2v) is 6.48. The zero-order valence-electron chi connectivity index (χ0n) is 9.81. The molecule has 0 radical (unpaired) electrons. The summed E-state index contributed by atoms with van der Waals surface area (Å²) in [5.74, 6) is 1.13. The van der Waals surface area contributed by atoms with Gasteiger partial charge in [0.1, 0.15) is 5.75 Å². The zero-order valence-corrected chi connectivity index (χ0v) is 14.4. The van der Waals surface area contributed by atoms with E-state index in [0.29, 0.717) is 10.9 Å². The molecular weight excluding hydrogens is 445 g/mol. The minimum atomic E-state index is -0.0410. The SMILES string of the molecule is COc1cc(I)c(C=NN=C2NC(=O)CS2)cc1Br. The first kappa shape index (κ1) is 14.8. The molecule has 0 atom stereocenters. The molecule has 1 aliphatic heterocycles. The second-order valence-electron chi connectivity index (χ2n) is 3.49. The maximum Gasteiger partial charge on any atom is 0.236 e. The minimum absolute atomic E-state index is 0.0410. The summed E-state index contributed by atoms with van der Waals surface area (Å²) in [6.45, 7) is 0. The zero-order chi connectivity index (χ0) is 13.8. The lowest BCUT2D eigenvalue weighted by molar-refractivity contribution is -0.116. The number of amides is 1. The topological polar surface area (TPSA) is 63.1 Å². The van der Waals surface area contributed by atoms with Gasteiger partial charge >= 0.3 is 0 Å². The summed E-state index contributed by atoms with van der Waals surface area (Å²) in [4.78, 5) is 11.0. The monoisotopic (exact) mass is 453 g/mol. The van der Waals surface area contributed by atoms with Crippen molar-refractivity contribution in [2.75, 3.05) is 12.9 Å².